The van der Waals surface area contributed by atoms with Gasteiger partial charge < -0.3 is 15.7 Å². The summed E-state index contributed by atoms with van der Waals surface area (Å²) >= 11 is 0. The number of carboxylic acid groups (broad SMARTS) is 1. The monoisotopic (exact) mass is 464 g/mol. The topological polar surface area (TPSA) is 234 Å². The van der Waals surface area contributed by atoms with Crippen molar-refractivity contribution in [3.8, 4) is 0 Å². The minimum atomic E-state index is -1.34. The molecule has 2 aromatic rings. The second-order valence-corrected chi connectivity index (χ2v) is 6.54. The number of carbonyl (C=O) groups is 1. The first kappa shape index (κ1) is 24.4. The minimum Gasteiger partial charge on any atom is -0.480 e. The SMILES string of the molecule is O=C(O)C(CCCNc1ccc([N+](=O)[O-])cc1[N+](=O)[O-])Nc1ccc([N+](=O)[O-])cc1[N+](=O)[O-]. The Hall–Kier alpha value is -4.89. The Kier molecular flexibility index (Phi) is 7.70. The predicted octanol–water partition coefficient (Wildman–Crippen LogP) is 3.08. The molecule has 2 rings (SSSR count). The van der Waals surface area contributed by atoms with Gasteiger partial charge in [-0.25, -0.2) is 4.79 Å². The van der Waals surface area contributed by atoms with Crippen LogP contribution in [0, 0.1) is 40.5 Å². The number of nitro groups is 4. The lowest BCUT2D eigenvalue weighted by atomic mass is 10.1. The lowest BCUT2D eigenvalue weighted by Gasteiger charge is -2.16. The Morgan fingerprint density at radius 1 is 0.818 bits per heavy atom. The van der Waals surface area contributed by atoms with E-state index >= 15 is 0 Å². The predicted molar refractivity (Wildman–Crippen MR) is 112 cm³/mol. The van der Waals surface area contributed by atoms with E-state index in [1.54, 1.807) is 0 Å². The second kappa shape index (κ2) is 10.4. The van der Waals surface area contributed by atoms with Crippen LogP contribution in [0.1, 0.15) is 12.8 Å². The summed E-state index contributed by atoms with van der Waals surface area (Å²) in [7, 11) is 0. The molecule has 16 heteroatoms. The molecule has 0 saturated heterocycles. The molecule has 1 atom stereocenters. The first-order valence-electron chi connectivity index (χ1n) is 9.10. The van der Waals surface area contributed by atoms with E-state index in [0.29, 0.717) is 6.07 Å². The first-order chi connectivity index (χ1) is 15.5. The fraction of sp³-hybridized carbons (Fsp3) is 0.235. The number of nitrogens with one attached hydrogen (secondary N) is 2. The van der Waals surface area contributed by atoms with E-state index in [1.807, 2.05) is 0 Å². The first-order valence-corrected chi connectivity index (χ1v) is 9.10. The number of non-ortho nitro benzene ring substituents is 2. The highest BCUT2D eigenvalue weighted by molar-refractivity contribution is 5.79. The molecule has 0 aliphatic rings. The zero-order chi connectivity index (χ0) is 24.7. The van der Waals surface area contributed by atoms with Crippen molar-refractivity contribution >= 4 is 40.1 Å². The maximum Gasteiger partial charge on any atom is 0.326 e. The second-order valence-electron chi connectivity index (χ2n) is 6.54. The third kappa shape index (κ3) is 6.29. The van der Waals surface area contributed by atoms with Gasteiger partial charge in [0, 0.05) is 18.7 Å². The summed E-state index contributed by atoms with van der Waals surface area (Å²) in [5.74, 6) is -1.34. The van der Waals surface area contributed by atoms with E-state index in [2.05, 4.69) is 10.6 Å². The van der Waals surface area contributed by atoms with Gasteiger partial charge in [-0.05, 0) is 25.0 Å². The van der Waals surface area contributed by atoms with Crippen LogP contribution in [0.2, 0.25) is 0 Å². The van der Waals surface area contributed by atoms with Gasteiger partial charge in [0.2, 0.25) is 0 Å². The van der Waals surface area contributed by atoms with E-state index in [-0.39, 0.29) is 30.8 Å². The lowest BCUT2D eigenvalue weighted by molar-refractivity contribution is -0.393. The average Bonchev–Trinajstić information content (AvgIpc) is 2.75. The van der Waals surface area contributed by atoms with Crippen molar-refractivity contribution < 1.29 is 29.6 Å². The summed E-state index contributed by atoms with van der Waals surface area (Å²) in [6.45, 7) is 0.0481. The van der Waals surface area contributed by atoms with Crippen molar-refractivity contribution in [2.45, 2.75) is 18.9 Å². The fourth-order valence-electron chi connectivity index (χ4n) is 2.82. The standard InChI is InChI=1S/C17H16N6O10/c24-17(25)14(19-13-6-4-11(21(28)29)9-16(13)23(32)33)2-1-7-18-12-5-3-10(20(26)27)8-15(12)22(30)31/h3-6,8-9,14,18-19H,1-2,7H2,(H,24,25). The highest BCUT2D eigenvalue weighted by atomic mass is 16.6. The highest BCUT2D eigenvalue weighted by Crippen LogP contribution is 2.31. The number of nitro benzene ring substituents is 4. The Morgan fingerprint density at radius 3 is 1.76 bits per heavy atom. The number of hydrogen-bond donors (Lipinski definition) is 3. The number of anilines is 2. The molecule has 0 aliphatic carbocycles. The van der Waals surface area contributed by atoms with Crippen LogP contribution in [0.3, 0.4) is 0 Å². The van der Waals surface area contributed by atoms with Crippen LogP contribution in [0.5, 0.6) is 0 Å². The molecule has 33 heavy (non-hydrogen) atoms. The van der Waals surface area contributed by atoms with Gasteiger partial charge in [0.05, 0.1) is 31.8 Å². The van der Waals surface area contributed by atoms with Crippen molar-refractivity contribution in [2.75, 3.05) is 17.2 Å². The molecule has 2 aromatic carbocycles. The van der Waals surface area contributed by atoms with Gasteiger partial charge >= 0.3 is 5.97 Å². The molecule has 0 amide bonds. The summed E-state index contributed by atoms with van der Waals surface area (Å²) in [5.41, 5.74) is -2.43. The van der Waals surface area contributed by atoms with Gasteiger partial charge in [0.1, 0.15) is 17.4 Å². The number of carboxylic acids is 1. The summed E-state index contributed by atoms with van der Waals surface area (Å²) in [5, 5.41) is 58.5. The third-order valence-corrected chi connectivity index (χ3v) is 4.39. The van der Waals surface area contributed by atoms with Gasteiger partial charge in [-0.15, -0.1) is 0 Å². The molecule has 174 valence electrons. The molecule has 0 saturated carbocycles. The Labute approximate surface area is 183 Å². The van der Waals surface area contributed by atoms with E-state index in [9.17, 15) is 50.4 Å². The van der Waals surface area contributed by atoms with Gasteiger partial charge in [0.15, 0.2) is 0 Å². The highest BCUT2D eigenvalue weighted by Gasteiger charge is 2.25. The van der Waals surface area contributed by atoms with Crippen molar-refractivity contribution in [3.05, 3.63) is 76.9 Å². The maximum atomic E-state index is 11.6. The molecular formula is C17H16N6O10. The van der Waals surface area contributed by atoms with Crippen molar-refractivity contribution in [1.29, 1.82) is 0 Å². The molecular weight excluding hydrogens is 448 g/mol. The largest absolute Gasteiger partial charge is 0.480 e. The smallest absolute Gasteiger partial charge is 0.326 e. The van der Waals surface area contributed by atoms with E-state index in [4.69, 9.17) is 0 Å². The van der Waals surface area contributed by atoms with Crippen LogP contribution in [-0.2, 0) is 4.79 Å². The summed E-state index contributed by atoms with van der Waals surface area (Å²) < 4.78 is 0. The lowest BCUT2D eigenvalue weighted by Crippen LogP contribution is -2.30. The number of rotatable bonds is 12. The van der Waals surface area contributed by atoms with Crippen molar-refractivity contribution in [3.63, 3.8) is 0 Å². The number of benzene rings is 2. The third-order valence-electron chi connectivity index (χ3n) is 4.39. The van der Waals surface area contributed by atoms with Gasteiger partial charge in [-0.3, -0.25) is 40.5 Å². The van der Waals surface area contributed by atoms with Crippen LogP contribution in [0.25, 0.3) is 0 Å². The fourth-order valence-corrected chi connectivity index (χ4v) is 2.82. The maximum absolute atomic E-state index is 11.6. The van der Waals surface area contributed by atoms with Crippen LogP contribution in [0.15, 0.2) is 36.4 Å². The van der Waals surface area contributed by atoms with Crippen molar-refractivity contribution in [1.82, 2.24) is 0 Å². The molecule has 1 unspecified atom stereocenters. The zero-order valence-corrected chi connectivity index (χ0v) is 16.6. The molecule has 16 nitrogen and oxygen atoms in total. The van der Waals surface area contributed by atoms with Crippen LogP contribution in [-0.4, -0.2) is 43.4 Å². The van der Waals surface area contributed by atoms with Crippen LogP contribution in [0.4, 0.5) is 34.1 Å². The molecule has 0 radical (unpaired) electrons. The Morgan fingerprint density at radius 2 is 1.30 bits per heavy atom. The summed E-state index contributed by atoms with van der Waals surface area (Å²) in [6, 6.07) is 4.44. The Balaban J connectivity index is 2.07. The molecule has 0 spiro atoms. The number of nitrogens with zero attached hydrogens (tertiary/aromatic N) is 4. The molecule has 3 N–H and O–H groups in total. The minimum absolute atomic E-state index is 0.00330. The summed E-state index contributed by atoms with van der Waals surface area (Å²) in [4.78, 5) is 52.2. The number of aliphatic carboxylic acids is 1. The molecule has 0 bridgehead atoms. The molecule has 0 heterocycles. The normalized spacial score (nSPS) is 11.3. The molecule has 0 fully saturated rings. The van der Waals surface area contributed by atoms with Crippen LogP contribution >= 0.6 is 0 Å². The molecule has 0 aromatic heterocycles. The Bertz CT molecular complexity index is 1120. The van der Waals surface area contributed by atoms with Crippen molar-refractivity contribution in [2.24, 2.45) is 0 Å². The van der Waals surface area contributed by atoms with Gasteiger partial charge in [0.25, 0.3) is 22.7 Å². The zero-order valence-electron chi connectivity index (χ0n) is 16.6. The van der Waals surface area contributed by atoms with Crippen LogP contribution < -0.4 is 10.6 Å². The quantitative estimate of drug-likeness (QED) is 0.233. The summed E-state index contributed by atoms with van der Waals surface area (Å²) in [6.07, 6.45) is 0.0656. The average molecular weight is 464 g/mol. The van der Waals surface area contributed by atoms with E-state index < -0.39 is 54.5 Å². The van der Waals surface area contributed by atoms with Gasteiger partial charge in [-0.2, -0.15) is 0 Å². The van der Waals surface area contributed by atoms with E-state index in [0.717, 1.165) is 30.3 Å². The number of hydrogen-bond acceptors (Lipinski definition) is 11. The van der Waals surface area contributed by atoms with Gasteiger partial charge in [-0.1, -0.05) is 0 Å². The molecule has 0 aliphatic heterocycles. The van der Waals surface area contributed by atoms with E-state index in [1.165, 1.54) is 0 Å².